The number of carbonyl (C=O) groups excluding carboxylic acids is 2. The average Bonchev–Trinajstić information content (AvgIpc) is 3.29. The van der Waals surface area contributed by atoms with Crippen LogP contribution >= 0.6 is 11.3 Å². The van der Waals surface area contributed by atoms with Crippen molar-refractivity contribution in [1.82, 2.24) is 10.3 Å². The normalized spacial score (nSPS) is 15.9. The number of alkyl halides is 6. The highest BCUT2D eigenvalue weighted by Gasteiger charge is 2.51. The van der Waals surface area contributed by atoms with Crippen molar-refractivity contribution in [2.45, 2.75) is 63.2 Å². The molecule has 11 nitrogen and oxygen atoms in total. The number of aromatic nitrogens is 1. The quantitative estimate of drug-likeness (QED) is 0.376. The number of aryl methyl sites for hydroxylation is 1. The van der Waals surface area contributed by atoms with Crippen LogP contribution in [-0.2, 0) is 26.0 Å². The minimum atomic E-state index is -4.89. The maximum absolute atomic E-state index is 13.9. The highest BCUT2D eigenvalue weighted by molar-refractivity contribution is 7.93. The molecule has 1 unspecified atom stereocenters. The van der Waals surface area contributed by atoms with Crippen LogP contribution in [0.2, 0.25) is 0 Å². The van der Waals surface area contributed by atoms with Gasteiger partial charge in [0.1, 0.15) is 11.9 Å². The smallest absolute Gasteiger partial charge is 0.427 e. The molecule has 1 atom stereocenters. The molecular formula is C23H26F6N4O7S2. The van der Waals surface area contributed by atoms with Crippen molar-refractivity contribution in [2.24, 2.45) is 0 Å². The number of rotatable bonds is 9. The number of carbonyl (C=O) groups is 2. The summed E-state index contributed by atoms with van der Waals surface area (Å²) in [5, 5.41) is 3.32. The van der Waals surface area contributed by atoms with E-state index in [2.05, 4.69) is 20.4 Å². The van der Waals surface area contributed by atoms with Crippen molar-refractivity contribution in [3.63, 3.8) is 0 Å². The third-order valence-electron chi connectivity index (χ3n) is 5.56. The molecule has 0 radical (unpaired) electrons. The standard InChI is InChI=1S/C23H26F6N4O7S2/c1-5-17-32-18(19(41-17)38-11-22(24,25)26)42(36,37)33-10-14(9-30-12(2)34)39-16-7-6-13(8-15(16)33)31-20(35)40-21(3,4)23(27,28)29/h6-8,14H,5,9-11H2,1-4H3,(H,30,34)(H,31,35). The van der Waals surface area contributed by atoms with Crippen LogP contribution < -0.4 is 24.4 Å². The van der Waals surface area contributed by atoms with Crippen molar-refractivity contribution in [3.05, 3.63) is 23.2 Å². The summed E-state index contributed by atoms with van der Waals surface area (Å²) in [6, 6.07) is 3.47. The van der Waals surface area contributed by atoms with Gasteiger partial charge in [-0.15, -0.1) is 0 Å². The first-order valence-corrected chi connectivity index (χ1v) is 14.3. The van der Waals surface area contributed by atoms with Crippen LogP contribution in [0.1, 0.15) is 32.7 Å². The Hall–Kier alpha value is -3.48. The molecular weight excluding hydrogens is 622 g/mol. The Morgan fingerprint density at radius 3 is 2.43 bits per heavy atom. The minimum absolute atomic E-state index is 0.0848. The van der Waals surface area contributed by atoms with E-state index in [1.54, 1.807) is 6.92 Å². The lowest BCUT2D eigenvalue weighted by Gasteiger charge is -2.35. The first-order chi connectivity index (χ1) is 19.2. The largest absolute Gasteiger partial charge is 0.484 e. The number of hydrogen-bond donors (Lipinski definition) is 2. The molecule has 1 aliphatic rings. The minimum Gasteiger partial charge on any atom is -0.484 e. The molecule has 2 N–H and O–H groups in total. The van der Waals surface area contributed by atoms with E-state index in [0.29, 0.717) is 25.2 Å². The van der Waals surface area contributed by atoms with Crippen LogP contribution in [0, 0.1) is 0 Å². The summed E-state index contributed by atoms with van der Waals surface area (Å²) < 4.78 is 121. The Labute approximate surface area is 240 Å². The summed E-state index contributed by atoms with van der Waals surface area (Å²) in [6.07, 6.45) is -12.0. The van der Waals surface area contributed by atoms with Gasteiger partial charge in [0.25, 0.3) is 10.0 Å². The van der Waals surface area contributed by atoms with E-state index in [4.69, 9.17) is 9.47 Å². The molecule has 3 rings (SSSR count). The Kier molecular flexibility index (Phi) is 9.45. The van der Waals surface area contributed by atoms with E-state index in [1.807, 2.05) is 0 Å². The highest BCUT2D eigenvalue weighted by atomic mass is 32.2. The van der Waals surface area contributed by atoms with Crippen molar-refractivity contribution in [1.29, 1.82) is 0 Å². The number of anilines is 2. The third-order valence-corrected chi connectivity index (χ3v) is 8.49. The Morgan fingerprint density at radius 1 is 1.19 bits per heavy atom. The Balaban J connectivity index is 2.03. The van der Waals surface area contributed by atoms with E-state index >= 15 is 0 Å². The molecule has 42 heavy (non-hydrogen) atoms. The van der Waals surface area contributed by atoms with Crippen LogP contribution in [-0.4, -0.2) is 69.2 Å². The molecule has 0 saturated heterocycles. The second-order valence-electron chi connectivity index (χ2n) is 9.38. The van der Waals surface area contributed by atoms with Crippen LogP contribution in [0.15, 0.2) is 23.2 Å². The molecule has 0 spiro atoms. The van der Waals surface area contributed by atoms with Crippen LogP contribution in [0.4, 0.5) is 42.5 Å². The number of nitrogens with zero attached hydrogens (tertiary/aromatic N) is 2. The molecule has 1 aromatic carbocycles. The van der Waals surface area contributed by atoms with Crippen molar-refractivity contribution >= 4 is 44.7 Å². The van der Waals surface area contributed by atoms with E-state index in [0.717, 1.165) is 10.4 Å². The molecule has 2 heterocycles. The van der Waals surface area contributed by atoms with Crippen LogP contribution in [0.3, 0.4) is 0 Å². The molecule has 0 saturated carbocycles. The van der Waals surface area contributed by atoms with Gasteiger partial charge in [0.05, 0.1) is 23.8 Å². The van der Waals surface area contributed by atoms with Gasteiger partial charge in [-0.2, -0.15) is 34.8 Å². The van der Waals surface area contributed by atoms with Gasteiger partial charge in [0, 0.05) is 12.6 Å². The number of amides is 2. The van der Waals surface area contributed by atoms with Gasteiger partial charge >= 0.3 is 18.4 Å². The molecule has 0 bridgehead atoms. The van der Waals surface area contributed by atoms with Gasteiger partial charge in [0.15, 0.2) is 6.61 Å². The number of ether oxygens (including phenoxy) is 3. The lowest BCUT2D eigenvalue weighted by Crippen LogP contribution is -2.48. The zero-order chi connectivity index (χ0) is 31.7. The molecule has 1 aromatic heterocycles. The number of sulfonamides is 1. The molecule has 1 aliphatic heterocycles. The van der Waals surface area contributed by atoms with Crippen molar-refractivity contribution in [3.8, 4) is 10.8 Å². The van der Waals surface area contributed by atoms with E-state index in [1.165, 1.54) is 19.1 Å². The fourth-order valence-corrected chi connectivity index (χ4v) is 6.12. The zero-order valence-corrected chi connectivity index (χ0v) is 24.1. The Morgan fingerprint density at radius 2 is 1.86 bits per heavy atom. The van der Waals surface area contributed by atoms with Crippen LogP contribution in [0.5, 0.6) is 10.8 Å². The van der Waals surface area contributed by atoms with Gasteiger partial charge in [-0.1, -0.05) is 18.3 Å². The maximum atomic E-state index is 13.9. The second kappa shape index (κ2) is 12.0. The van der Waals surface area contributed by atoms with Crippen molar-refractivity contribution < 1.29 is 58.6 Å². The van der Waals surface area contributed by atoms with E-state index in [-0.39, 0.29) is 35.1 Å². The topological polar surface area (TPSA) is 136 Å². The maximum Gasteiger partial charge on any atom is 0.427 e. The van der Waals surface area contributed by atoms with E-state index < -0.39 is 69.3 Å². The third kappa shape index (κ3) is 7.87. The molecule has 0 fully saturated rings. The Bertz CT molecular complexity index is 1430. The number of fused-ring (bicyclic) bond motifs is 1. The summed E-state index contributed by atoms with van der Waals surface area (Å²) in [5.41, 5.74) is -3.27. The first kappa shape index (κ1) is 33.0. The zero-order valence-electron chi connectivity index (χ0n) is 22.5. The monoisotopic (exact) mass is 648 g/mol. The fraction of sp³-hybridized carbons (Fsp3) is 0.522. The molecule has 234 valence electrons. The van der Waals surface area contributed by atoms with Crippen LogP contribution in [0.25, 0.3) is 0 Å². The van der Waals surface area contributed by atoms with E-state index in [9.17, 15) is 44.3 Å². The summed E-state index contributed by atoms with van der Waals surface area (Å²) in [6.45, 7) is 1.68. The fourth-order valence-electron chi connectivity index (χ4n) is 3.40. The summed E-state index contributed by atoms with van der Waals surface area (Å²) >= 11 is 0.613. The van der Waals surface area contributed by atoms with Gasteiger partial charge in [0.2, 0.25) is 21.6 Å². The predicted octanol–water partition coefficient (Wildman–Crippen LogP) is 4.63. The SMILES string of the molecule is CCc1nc(S(=O)(=O)N2CC(CNC(C)=O)Oc3ccc(NC(=O)OC(C)(C)C(F)(F)F)cc32)c(OCC(F)(F)F)s1. The lowest BCUT2D eigenvalue weighted by molar-refractivity contribution is -0.242. The summed E-state index contributed by atoms with van der Waals surface area (Å²) in [5.74, 6) is -0.535. The molecule has 19 heteroatoms. The van der Waals surface area contributed by atoms with Crippen molar-refractivity contribution in [2.75, 3.05) is 29.3 Å². The molecule has 2 amide bonds. The number of halogens is 6. The lowest BCUT2D eigenvalue weighted by atomic mass is 10.1. The predicted molar refractivity (Wildman–Crippen MR) is 137 cm³/mol. The summed E-state index contributed by atoms with van der Waals surface area (Å²) in [4.78, 5) is 27.6. The van der Waals surface area contributed by atoms with Gasteiger partial charge in [-0.3, -0.25) is 14.4 Å². The number of hydrogen-bond acceptors (Lipinski definition) is 9. The number of nitrogens with one attached hydrogen (secondary N) is 2. The summed E-state index contributed by atoms with van der Waals surface area (Å²) in [7, 11) is -4.77. The van der Waals surface area contributed by atoms with Gasteiger partial charge < -0.3 is 19.5 Å². The number of thiazole rings is 1. The number of benzene rings is 1. The first-order valence-electron chi connectivity index (χ1n) is 12.1. The highest BCUT2D eigenvalue weighted by Crippen LogP contribution is 2.42. The molecule has 0 aliphatic carbocycles. The van der Waals surface area contributed by atoms with Gasteiger partial charge in [-0.25, -0.2) is 9.78 Å². The van der Waals surface area contributed by atoms with Gasteiger partial charge in [-0.05, 0) is 38.5 Å². The average molecular weight is 649 g/mol. The molecule has 2 aromatic rings. The second-order valence-corrected chi connectivity index (χ2v) is 12.2.